The Balaban J connectivity index is 1.83. The topological polar surface area (TPSA) is 57.7 Å². The van der Waals surface area contributed by atoms with Crippen LogP contribution in [0, 0.1) is 0 Å². The lowest BCUT2D eigenvalue weighted by Gasteiger charge is -2.23. The van der Waals surface area contributed by atoms with Gasteiger partial charge in [0.15, 0.2) is 0 Å². The van der Waals surface area contributed by atoms with Crippen molar-refractivity contribution in [2.75, 3.05) is 18.0 Å². The van der Waals surface area contributed by atoms with Gasteiger partial charge in [-0.05, 0) is 37.3 Å². The largest absolute Gasteiger partial charge is 0.311 e. The summed E-state index contributed by atoms with van der Waals surface area (Å²) in [5.41, 5.74) is 1.40. The van der Waals surface area contributed by atoms with Gasteiger partial charge >= 0.3 is 0 Å². The van der Waals surface area contributed by atoms with Gasteiger partial charge in [0, 0.05) is 16.7 Å². The van der Waals surface area contributed by atoms with E-state index in [1.54, 1.807) is 23.1 Å². The molecule has 0 saturated heterocycles. The number of imide groups is 1. The van der Waals surface area contributed by atoms with Gasteiger partial charge in [0.05, 0.1) is 11.1 Å². The zero-order valence-corrected chi connectivity index (χ0v) is 14.6. The molecular weight excluding hydrogens is 372 g/mol. The number of hydrogen-bond acceptors (Lipinski definition) is 3. The number of amides is 3. The Morgan fingerprint density at radius 3 is 2.38 bits per heavy atom. The molecule has 0 aromatic heterocycles. The monoisotopic (exact) mass is 386 g/mol. The van der Waals surface area contributed by atoms with Gasteiger partial charge in [0.1, 0.15) is 6.54 Å². The number of carbonyl (C=O) groups is 3. The summed E-state index contributed by atoms with van der Waals surface area (Å²) >= 11 is 3.29. The standard InChI is InChI=1S/C18H15BrN2O3/c1-2-20(13-6-4-3-5-7-13)16(22)11-21-17(23)14-9-8-12(19)10-15(14)18(21)24/h3-10H,2,11H2,1H3. The van der Waals surface area contributed by atoms with Gasteiger partial charge in [-0.25, -0.2) is 0 Å². The van der Waals surface area contributed by atoms with Crippen LogP contribution < -0.4 is 4.90 Å². The zero-order valence-electron chi connectivity index (χ0n) is 13.0. The summed E-state index contributed by atoms with van der Waals surface area (Å²) in [6.07, 6.45) is 0. The maximum Gasteiger partial charge on any atom is 0.262 e. The maximum atomic E-state index is 12.6. The first kappa shape index (κ1) is 16.4. The molecule has 2 aromatic rings. The first-order chi connectivity index (χ1) is 11.5. The average molecular weight is 387 g/mol. The predicted octanol–water partition coefficient (Wildman–Crippen LogP) is 3.10. The third kappa shape index (κ3) is 2.85. The van der Waals surface area contributed by atoms with Crippen LogP contribution in [0.5, 0.6) is 0 Å². The molecule has 0 bridgehead atoms. The summed E-state index contributed by atoms with van der Waals surface area (Å²) in [5, 5.41) is 0. The molecule has 3 rings (SSSR count). The fourth-order valence-electron chi connectivity index (χ4n) is 2.74. The highest BCUT2D eigenvalue weighted by atomic mass is 79.9. The summed E-state index contributed by atoms with van der Waals surface area (Å²) < 4.78 is 0.718. The van der Waals surface area contributed by atoms with Gasteiger partial charge in [-0.3, -0.25) is 19.3 Å². The molecular formula is C18H15BrN2O3. The van der Waals surface area contributed by atoms with Crippen LogP contribution in [-0.2, 0) is 4.79 Å². The van der Waals surface area contributed by atoms with Crippen molar-refractivity contribution >= 4 is 39.3 Å². The summed E-state index contributed by atoms with van der Waals surface area (Å²) in [7, 11) is 0. The Labute approximate surface area is 148 Å². The van der Waals surface area contributed by atoms with E-state index in [-0.39, 0.29) is 12.5 Å². The van der Waals surface area contributed by atoms with E-state index < -0.39 is 11.8 Å². The number of nitrogens with zero attached hydrogens (tertiary/aromatic N) is 2. The highest BCUT2D eigenvalue weighted by Crippen LogP contribution is 2.26. The van der Waals surface area contributed by atoms with Gasteiger partial charge in [0.2, 0.25) is 5.91 Å². The molecule has 0 spiro atoms. The summed E-state index contributed by atoms with van der Waals surface area (Å²) in [6, 6.07) is 14.1. The second-order valence-corrected chi connectivity index (χ2v) is 6.28. The summed E-state index contributed by atoms with van der Waals surface area (Å²) in [4.78, 5) is 40.0. The van der Waals surface area contributed by atoms with Gasteiger partial charge in [0.25, 0.3) is 11.8 Å². The van der Waals surface area contributed by atoms with Crippen molar-refractivity contribution in [3.8, 4) is 0 Å². The lowest BCUT2D eigenvalue weighted by atomic mass is 10.1. The molecule has 122 valence electrons. The number of carbonyl (C=O) groups excluding carboxylic acids is 3. The van der Waals surface area contributed by atoms with E-state index in [0.717, 1.165) is 15.1 Å². The molecule has 0 unspecified atom stereocenters. The highest BCUT2D eigenvalue weighted by molar-refractivity contribution is 9.10. The van der Waals surface area contributed by atoms with Crippen molar-refractivity contribution in [2.45, 2.75) is 6.92 Å². The van der Waals surface area contributed by atoms with E-state index in [1.165, 1.54) is 0 Å². The zero-order chi connectivity index (χ0) is 17.3. The predicted molar refractivity (Wildman–Crippen MR) is 94.0 cm³/mol. The molecule has 3 amide bonds. The first-order valence-corrected chi connectivity index (χ1v) is 8.33. The number of halogens is 1. The number of benzene rings is 2. The lowest BCUT2D eigenvalue weighted by Crippen LogP contribution is -2.42. The normalized spacial score (nSPS) is 13.2. The van der Waals surface area contributed by atoms with E-state index >= 15 is 0 Å². The minimum absolute atomic E-state index is 0.271. The van der Waals surface area contributed by atoms with E-state index in [9.17, 15) is 14.4 Å². The van der Waals surface area contributed by atoms with Gasteiger partial charge < -0.3 is 4.90 Å². The number of hydrogen-bond donors (Lipinski definition) is 0. The highest BCUT2D eigenvalue weighted by Gasteiger charge is 2.37. The van der Waals surface area contributed by atoms with Crippen molar-refractivity contribution in [1.82, 2.24) is 4.90 Å². The van der Waals surface area contributed by atoms with Crippen LogP contribution in [-0.4, -0.2) is 35.7 Å². The molecule has 2 aromatic carbocycles. The molecule has 0 atom stereocenters. The molecule has 1 heterocycles. The molecule has 0 fully saturated rings. The van der Waals surface area contributed by atoms with Gasteiger partial charge in [-0.15, -0.1) is 0 Å². The summed E-state index contributed by atoms with van der Waals surface area (Å²) in [5.74, 6) is -1.16. The fourth-order valence-corrected chi connectivity index (χ4v) is 3.10. The third-order valence-corrected chi connectivity index (χ3v) is 4.40. The number of para-hydroxylation sites is 1. The maximum absolute atomic E-state index is 12.6. The van der Waals surface area contributed by atoms with Gasteiger partial charge in [-0.1, -0.05) is 34.1 Å². The smallest absolute Gasteiger partial charge is 0.262 e. The van der Waals surface area contributed by atoms with Crippen LogP contribution in [0.2, 0.25) is 0 Å². The second kappa shape index (κ2) is 6.57. The number of likely N-dealkylation sites (N-methyl/N-ethyl adjacent to an activating group) is 1. The van der Waals surface area contributed by atoms with Crippen molar-refractivity contribution in [3.05, 3.63) is 64.1 Å². The molecule has 0 saturated carbocycles. The molecule has 24 heavy (non-hydrogen) atoms. The SMILES string of the molecule is CCN(C(=O)CN1C(=O)c2ccc(Br)cc2C1=O)c1ccccc1. The quantitative estimate of drug-likeness (QED) is 0.758. The van der Waals surface area contributed by atoms with E-state index in [2.05, 4.69) is 15.9 Å². The lowest BCUT2D eigenvalue weighted by molar-refractivity contribution is -0.118. The number of rotatable bonds is 4. The van der Waals surface area contributed by atoms with Crippen molar-refractivity contribution < 1.29 is 14.4 Å². The van der Waals surface area contributed by atoms with Gasteiger partial charge in [-0.2, -0.15) is 0 Å². The second-order valence-electron chi connectivity index (χ2n) is 5.36. The fraction of sp³-hybridized carbons (Fsp3) is 0.167. The van der Waals surface area contributed by atoms with Crippen LogP contribution in [0.3, 0.4) is 0 Å². The molecule has 6 heteroatoms. The Kier molecular flexibility index (Phi) is 4.49. The average Bonchev–Trinajstić information content (AvgIpc) is 2.81. The number of anilines is 1. The Hall–Kier alpha value is -2.47. The number of fused-ring (bicyclic) bond motifs is 1. The molecule has 0 N–H and O–H groups in total. The van der Waals surface area contributed by atoms with Crippen molar-refractivity contribution in [3.63, 3.8) is 0 Å². The van der Waals surface area contributed by atoms with E-state index in [4.69, 9.17) is 0 Å². The minimum Gasteiger partial charge on any atom is -0.311 e. The van der Waals surface area contributed by atoms with Crippen LogP contribution in [0.15, 0.2) is 53.0 Å². The summed E-state index contributed by atoms with van der Waals surface area (Å²) in [6.45, 7) is 2.04. The first-order valence-electron chi connectivity index (χ1n) is 7.54. The Bertz CT molecular complexity index is 820. The molecule has 5 nitrogen and oxygen atoms in total. The Morgan fingerprint density at radius 2 is 1.71 bits per heavy atom. The molecule has 0 aliphatic carbocycles. The van der Waals surface area contributed by atoms with Crippen LogP contribution in [0.25, 0.3) is 0 Å². The van der Waals surface area contributed by atoms with Crippen LogP contribution in [0.4, 0.5) is 5.69 Å². The van der Waals surface area contributed by atoms with E-state index in [1.807, 2.05) is 37.3 Å². The molecule has 1 aliphatic rings. The molecule has 1 aliphatic heterocycles. The van der Waals surface area contributed by atoms with Crippen molar-refractivity contribution in [1.29, 1.82) is 0 Å². The van der Waals surface area contributed by atoms with Crippen LogP contribution >= 0.6 is 15.9 Å². The van der Waals surface area contributed by atoms with Crippen LogP contribution in [0.1, 0.15) is 27.6 Å². The van der Waals surface area contributed by atoms with Crippen molar-refractivity contribution in [2.24, 2.45) is 0 Å². The minimum atomic E-state index is -0.436. The third-order valence-electron chi connectivity index (χ3n) is 3.91. The van der Waals surface area contributed by atoms with E-state index in [0.29, 0.717) is 17.7 Å². The Morgan fingerprint density at radius 1 is 1.04 bits per heavy atom. The molecule has 0 radical (unpaired) electrons.